The predicted octanol–water partition coefficient (Wildman–Crippen LogP) is 2.96. The molecule has 2 rings (SSSR count). The lowest BCUT2D eigenvalue weighted by Crippen LogP contribution is -2.48. The van der Waals surface area contributed by atoms with Gasteiger partial charge < -0.3 is 19.5 Å². The number of amides is 1. The van der Waals surface area contributed by atoms with E-state index in [1.165, 1.54) is 0 Å². The Balaban J connectivity index is 2.12. The van der Waals surface area contributed by atoms with Crippen LogP contribution in [0, 0.1) is 0 Å². The number of piperidine rings is 1. The van der Waals surface area contributed by atoms with Crippen molar-refractivity contribution < 1.29 is 19.4 Å². The van der Waals surface area contributed by atoms with Crippen LogP contribution >= 0.6 is 0 Å². The van der Waals surface area contributed by atoms with Gasteiger partial charge in [-0.25, -0.2) is 4.79 Å². The molecule has 1 N–H and O–H groups in total. The van der Waals surface area contributed by atoms with E-state index in [2.05, 4.69) is 0 Å². The fraction of sp³-hybridized carbons (Fsp3) is 0.611. The Bertz CT molecular complexity index is 542. The highest BCUT2D eigenvalue weighted by atomic mass is 16.6. The van der Waals surface area contributed by atoms with Gasteiger partial charge in [-0.3, -0.25) is 0 Å². The summed E-state index contributed by atoms with van der Waals surface area (Å²) >= 11 is 0. The molecule has 128 valence electrons. The zero-order valence-electron chi connectivity index (χ0n) is 14.5. The molecule has 1 heterocycles. The van der Waals surface area contributed by atoms with Crippen LogP contribution in [-0.2, 0) is 10.2 Å². The first-order valence-corrected chi connectivity index (χ1v) is 8.04. The molecule has 1 aliphatic rings. The number of aliphatic hydroxyl groups is 1. The van der Waals surface area contributed by atoms with Crippen molar-refractivity contribution in [2.45, 2.75) is 44.6 Å². The summed E-state index contributed by atoms with van der Waals surface area (Å²) in [5.74, 6) is 0.785. The third-order valence-corrected chi connectivity index (χ3v) is 4.35. The topological polar surface area (TPSA) is 59.0 Å². The summed E-state index contributed by atoms with van der Waals surface area (Å²) in [5.41, 5.74) is 0.143. The van der Waals surface area contributed by atoms with Crippen molar-refractivity contribution in [1.82, 2.24) is 4.90 Å². The minimum Gasteiger partial charge on any atom is -0.496 e. The van der Waals surface area contributed by atoms with E-state index in [4.69, 9.17) is 9.47 Å². The van der Waals surface area contributed by atoms with Crippen LogP contribution in [0.3, 0.4) is 0 Å². The molecule has 1 saturated heterocycles. The van der Waals surface area contributed by atoms with Crippen LogP contribution < -0.4 is 4.74 Å². The van der Waals surface area contributed by atoms with Crippen LogP contribution in [0.4, 0.5) is 4.79 Å². The number of hydrogen-bond acceptors (Lipinski definition) is 4. The smallest absolute Gasteiger partial charge is 0.410 e. The first-order chi connectivity index (χ1) is 10.8. The number of nitrogens with zero attached hydrogens (tertiary/aromatic N) is 1. The van der Waals surface area contributed by atoms with E-state index in [0.29, 0.717) is 25.9 Å². The third-order valence-electron chi connectivity index (χ3n) is 4.35. The van der Waals surface area contributed by atoms with Crippen LogP contribution in [0.1, 0.15) is 39.2 Å². The Kier molecular flexibility index (Phi) is 5.19. The number of hydrogen-bond donors (Lipinski definition) is 1. The molecule has 0 radical (unpaired) electrons. The summed E-state index contributed by atoms with van der Waals surface area (Å²) < 4.78 is 10.9. The molecule has 0 spiro atoms. The number of rotatable bonds is 3. The summed E-state index contributed by atoms with van der Waals surface area (Å²) in [6, 6.07) is 7.78. The third kappa shape index (κ3) is 3.96. The highest BCUT2D eigenvalue weighted by Crippen LogP contribution is 2.40. The van der Waals surface area contributed by atoms with Gasteiger partial charge in [0.2, 0.25) is 0 Å². The van der Waals surface area contributed by atoms with Crippen LogP contribution in [0.2, 0.25) is 0 Å². The lowest BCUT2D eigenvalue weighted by atomic mass is 9.73. The Labute approximate surface area is 138 Å². The highest BCUT2D eigenvalue weighted by molar-refractivity contribution is 5.68. The molecule has 1 aliphatic heterocycles. The minimum absolute atomic E-state index is 0.0372. The van der Waals surface area contributed by atoms with Crippen LogP contribution in [-0.4, -0.2) is 48.5 Å². The molecule has 23 heavy (non-hydrogen) atoms. The first kappa shape index (κ1) is 17.6. The number of carbonyl (C=O) groups excluding carboxylic acids is 1. The number of methoxy groups -OCH3 is 1. The summed E-state index contributed by atoms with van der Waals surface area (Å²) in [7, 11) is 1.64. The Morgan fingerprint density at radius 1 is 1.26 bits per heavy atom. The van der Waals surface area contributed by atoms with Crippen LogP contribution in [0.15, 0.2) is 24.3 Å². The van der Waals surface area contributed by atoms with Gasteiger partial charge in [-0.2, -0.15) is 0 Å². The van der Waals surface area contributed by atoms with E-state index in [-0.39, 0.29) is 18.1 Å². The Morgan fingerprint density at radius 2 is 1.87 bits per heavy atom. The fourth-order valence-corrected chi connectivity index (χ4v) is 3.04. The molecule has 0 bridgehead atoms. The van der Waals surface area contributed by atoms with Gasteiger partial charge in [0.15, 0.2) is 0 Å². The molecule has 0 atom stereocenters. The maximum absolute atomic E-state index is 12.2. The molecule has 0 aliphatic carbocycles. The van der Waals surface area contributed by atoms with Crippen molar-refractivity contribution in [3.8, 4) is 5.75 Å². The van der Waals surface area contributed by atoms with E-state index in [1.807, 2.05) is 45.0 Å². The second-order valence-corrected chi connectivity index (χ2v) is 7.11. The van der Waals surface area contributed by atoms with Gasteiger partial charge >= 0.3 is 6.09 Å². The molecule has 1 aromatic carbocycles. The SMILES string of the molecule is COc1ccccc1C1(CO)CCN(C(=O)OC(C)(C)C)CC1. The second-order valence-electron chi connectivity index (χ2n) is 7.11. The highest BCUT2D eigenvalue weighted by Gasteiger charge is 2.39. The number of aliphatic hydroxyl groups excluding tert-OH is 1. The van der Waals surface area contributed by atoms with Crippen LogP contribution in [0.25, 0.3) is 0 Å². The largest absolute Gasteiger partial charge is 0.496 e. The minimum atomic E-state index is -0.495. The molecule has 5 heteroatoms. The van der Waals surface area contributed by atoms with Gasteiger partial charge in [0, 0.05) is 24.1 Å². The van der Waals surface area contributed by atoms with Crippen molar-refractivity contribution in [3.63, 3.8) is 0 Å². The Morgan fingerprint density at radius 3 is 2.39 bits per heavy atom. The van der Waals surface area contributed by atoms with E-state index in [1.54, 1.807) is 12.0 Å². The van der Waals surface area contributed by atoms with E-state index in [9.17, 15) is 9.90 Å². The number of para-hydroxylation sites is 1. The number of carbonyl (C=O) groups is 1. The zero-order valence-corrected chi connectivity index (χ0v) is 14.5. The predicted molar refractivity (Wildman–Crippen MR) is 88.8 cm³/mol. The van der Waals surface area contributed by atoms with E-state index in [0.717, 1.165) is 11.3 Å². The summed E-state index contributed by atoms with van der Waals surface area (Å²) in [6.07, 6.45) is 1.08. The monoisotopic (exact) mass is 321 g/mol. The summed E-state index contributed by atoms with van der Waals surface area (Å²) in [5, 5.41) is 10.0. The van der Waals surface area contributed by atoms with Crippen molar-refractivity contribution >= 4 is 6.09 Å². The van der Waals surface area contributed by atoms with Gasteiger partial charge in [-0.1, -0.05) is 18.2 Å². The van der Waals surface area contributed by atoms with Gasteiger partial charge in [0.25, 0.3) is 0 Å². The van der Waals surface area contributed by atoms with E-state index >= 15 is 0 Å². The van der Waals surface area contributed by atoms with Crippen LogP contribution in [0.5, 0.6) is 5.75 Å². The second kappa shape index (κ2) is 6.79. The molecule has 0 unspecified atom stereocenters. The average molecular weight is 321 g/mol. The molecular weight excluding hydrogens is 294 g/mol. The molecule has 1 fully saturated rings. The first-order valence-electron chi connectivity index (χ1n) is 8.04. The quantitative estimate of drug-likeness (QED) is 0.930. The fourth-order valence-electron chi connectivity index (χ4n) is 3.04. The normalized spacial score (nSPS) is 17.7. The maximum atomic E-state index is 12.2. The standard InChI is InChI=1S/C18H27NO4/c1-17(2,3)23-16(21)19-11-9-18(13-20,10-12-19)14-7-5-6-8-15(14)22-4/h5-8,20H,9-13H2,1-4H3. The van der Waals surface area contributed by atoms with Crippen molar-refractivity contribution in [1.29, 1.82) is 0 Å². The van der Waals surface area contributed by atoms with Gasteiger partial charge in [0.05, 0.1) is 13.7 Å². The molecule has 5 nitrogen and oxygen atoms in total. The maximum Gasteiger partial charge on any atom is 0.410 e. The molecule has 0 aromatic heterocycles. The van der Waals surface area contributed by atoms with Crippen molar-refractivity contribution in [2.24, 2.45) is 0 Å². The number of likely N-dealkylation sites (tertiary alicyclic amines) is 1. The van der Waals surface area contributed by atoms with Crippen molar-refractivity contribution in [2.75, 3.05) is 26.8 Å². The van der Waals surface area contributed by atoms with Gasteiger partial charge in [-0.05, 0) is 39.7 Å². The lowest BCUT2D eigenvalue weighted by molar-refractivity contribution is 0.0121. The zero-order chi connectivity index (χ0) is 17.1. The van der Waals surface area contributed by atoms with Crippen molar-refractivity contribution in [3.05, 3.63) is 29.8 Å². The Hall–Kier alpha value is -1.75. The number of benzene rings is 1. The number of ether oxygens (including phenoxy) is 2. The molecule has 1 amide bonds. The van der Waals surface area contributed by atoms with Gasteiger partial charge in [0.1, 0.15) is 11.4 Å². The van der Waals surface area contributed by atoms with E-state index < -0.39 is 5.60 Å². The lowest BCUT2D eigenvalue weighted by Gasteiger charge is -2.41. The summed E-state index contributed by atoms with van der Waals surface area (Å²) in [4.78, 5) is 13.9. The molecule has 1 aromatic rings. The summed E-state index contributed by atoms with van der Waals surface area (Å²) in [6.45, 7) is 6.75. The molecule has 0 saturated carbocycles. The average Bonchev–Trinajstić information content (AvgIpc) is 2.53. The van der Waals surface area contributed by atoms with Gasteiger partial charge in [-0.15, -0.1) is 0 Å². The molecular formula is C18H27NO4.